The number of aromatic nitrogens is 3. The molecule has 0 aliphatic carbocycles. The van der Waals surface area contributed by atoms with Gasteiger partial charge in [-0.05, 0) is 56.2 Å². The Morgan fingerprint density at radius 3 is 2.62 bits per heavy atom. The zero-order valence-electron chi connectivity index (χ0n) is 12.3. The van der Waals surface area contributed by atoms with Crippen LogP contribution in [0.2, 0.25) is 0 Å². The molecule has 3 rings (SSSR count). The van der Waals surface area contributed by atoms with Crippen LogP contribution in [0.25, 0.3) is 22.2 Å². The SMILES string of the molecule is Cc1nc2c(F)cc(-c3ccnc(N)c3)cc2n1C(C)C. The second kappa shape index (κ2) is 4.84. The minimum atomic E-state index is -0.319. The van der Waals surface area contributed by atoms with Crippen molar-refractivity contribution in [3.63, 3.8) is 0 Å². The summed E-state index contributed by atoms with van der Waals surface area (Å²) < 4.78 is 16.4. The predicted octanol–water partition coefficient (Wildman–Crippen LogP) is 3.71. The molecule has 2 aromatic heterocycles. The van der Waals surface area contributed by atoms with Crippen LogP contribution < -0.4 is 5.73 Å². The first-order chi connectivity index (χ1) is 9.97. The van der Waals surface area contributed by atoms with Gasteiger partial charge in [-0.15, -0.1) is 0 Å². The average Bonchev–Trinajstić information content (AvgIpc) is 2.75. The Bertz CT molecular complexity index is 821. The van der Waals surface area contributed by atoms with Crippen LogP contribution in [0, 0.1) is 12.7 Å². The molecule has 2 heterocycles. The number of nitrogens with two attached hydrogens (primary N) is 1. The van der Waals surface area contributed by atoms with Gasteiger partial charge in [0.15, 0.2) is 5.82 Å². The Labute approximate surface area is 122 Å². The maximum atomic E-state index is 14.4. The fraction of sp³-hybridized carbons (Fsp3) is 0.250. The highest BCUT2D eigenvalue weighted by Crippen LogP contribution is 2.29. The Balaban J connectivity index is 2.29. The number of hydrogen-bond acceptors (Lipinski definition) is 3. The molecule has 0 unspecified atom stereocenters. The van der Waals surface area contributed by atoms with Crippen LogP contribution in [-0.4, -0.2) is 14.5 Å². The summed E-state index contributed by atoms with van der Waals surface area (Å²) in [5.74, 6) is 0.909. The fourth-order valence-corrected chi connectivity index (χ4v) is 2.72. The van der Waals surface area contributed by atoms with Gasteiger partial charge in [0.1, 0.15) is 17.2 Å². The van der Waals surface area contributed by atoms with Crippen molar-refractivity contribution in [2.75, 3.05) is 5.73 Å². The maximum Gasteiger partial charge on any atom is 0.151 e. The molecule has 0 saturated heterocycles. The Kier molecular flexibility index (Phi) is 3.12. The van der Waals surface area contributed by atoms with E-state index in [2.05, 4.69) is 23.8 Å². The van der Waals surface area contributed by atoms with E-state index in [4.69, 9.17) is 5.73 Å². The van der Waals surface area contributed by atoms with Crippen LogP contribution in [0.1, 0.15) is 25.7 Å². The van der Waals surface area contributed by atoms with E-state index in [0.717, 1.165) is 22.5 Å². The average molecular weight is 284 g/mol. The standard InChI is InChI=1S/C16H17FN4/c1-9(2)21-10(3)20-16-13(17)6-12(7-14(16)21)11-4-5-19-15(18)8-11/h4-9H,1-3H3,(H2,18,19). The van der Waals surface area contributed by atoms with Gasteiger partial charge in [0, 0.05) is 12.2 Å². The van der Waals surface area contributed by atoms with E-state index in [9.17, 15) is 4.39 Å². The molecule has 0 saturated carbocycles. The minimum Gasteiger partial charge on any atom is -0.384 e. The van der Waals surface area contributed by atoms with Crippen LogP contribution in [-0.2, 0) is 0 Å². The van der Waals surface area contributed by atoms with E-state index in [1.807, 2.05) is 23.6 Å². The first-order valence-electron chi connectivity index (χ1n) is 6.87. The molecule has 5 heteroatoms. The fourth-order valence-electron chi connectivity index (χ4n) is 2.72. The molecule has 0 bridgehead atoms. The largest absolute Gasteiger partial charge is 0.384 e. The van der Waals surface area contributed by atoms with Crippen LogP contribution in [0.4, 0.5) is 10.2 Å². The summed E-state index contributed by atoms with van der Waals surface area (Å²) in [5, 5.41) is 0. The van der Waals surface area contributed by atoms with Gasteiger partial charge < -0.3 is 10.3 Å². The van der Waals surface area contributed by atoms with E-state index in [0.29, 0.717) is 11.3 Å². The smallest absolute Gasteiger partial charge is 0.151 e. The second-order valence-electron chi connectivity index (χ2n) is 5.42. The highest BCUT2D eigenvalue weighted by molar-refractivity contribution is 5.83. The number of pyridine rings is 1. The van der Waals surface area contributed by atoms with E-state index < -0.39 is 0 Å². The number of imidazole rings is 1. The number of nitrogens with zero attached hydrogens (tertiary/aromatic N) is 3. The highest BCUT2D eigenvalue weighted by atomic mass is 19.1. The van der Waals surface area contributed by atoms with E-state index in [1.165, 1.54) is 6.07 Å². The van der Waals surface area contributed by atoms with Crippen LogP contribution in [0.5, 0.6) is 0 Å². The molecule has 0 aliphatic heterocycles. The zero-order valence-corrected chi connectivity index (χ0v) is 12.3. The lowest BCUT2D eigenvalue weighted by Gasteiger charge is -2.11. The van der Waals surface area contributed by atoms with Crippen LogP contribution in [0.3, 0.4) is 0 Å². The molecular weight excluding hydrogens is 267 g/mol. The molecule has 0 radical (unpaired) electrons. The summed E-state index contributed by atoms with van der Waals surface area (Å²) in [5.41, 5.74) is 8.53. The number of anilines is 1. The van der Waals surface area contributed by atoms with Crippen molar-refractivity contribution in [2.45, 2.75) is 26.8 Å². The zero-order chi connectivity index (χ0) is 15.1. The van der Waals surface area contributed by atoms with Gasteiger partial charge in [-0.3, -0.25) is 0 Å². The Morgan fingerprint density at radius 1 is 1.19 bits per heavy atom. The normalized spacial score (nSPS) is 11.5. The third-order valence-corrected chi connectivity index (χ3v) is 3.56. The minimum absolute atomic E-state index is 0.215. The van der Waals surface area contributed by atoms with Crippen molar-refractivity contribution < 1.29 is 4.39 Å². The van der Waals surface area contributed by atoms with Gasteiger partial charge in [-0.1, -0.05) is 0 Å². The number of fused-ring (bicyclic) bond motifs is 1. The molecule has 3 aromatic rings. The molecule has 1 aromatic carbocycles. The third-order valence-electron chi connectivity index (χ3n) is 3.56. The van der Waals surface area contributed by atoms with Gasteiger partial charge in [0.2, 0.25) is 0 Å². The quantitative estimate of drug-likeness (QED) is 0.780. The van der Waals surface area contributed by atoms with E-state index >= 15 is 0 Å². The number of benzene rings is 1. The number of rotatable bonds is 2. The summed E-state index contributed by atoms with van der Waals surface area (Å²) in [7, 11) is 0. The molecule has 108 valence electrons. The van der Waals surface area contributed by atoms with Crippen molar-refractivity contribution in [2.24, 2.45) is 0 Å². The van der Waals surface area contributed by atoms with Gasteiger partial charge >= 0.3 is 0 Å². The number of halogens is 1. The maximum absolute atomic E-state index is 14.4. The van der Waals surface area contributed by atoms with Gasteiger partial charge in [-0.25, -0.2) is 14.4 Å². The summed E-state index contributed by atoms with van der Waals surface area (Å²) in [6.07, 6.45) is 1.62. The number of hydrogen-bond donors (Lipinski definition) is 1. The molecule has 0 fully saturated rings. The first-order valence-corrected chi connectivity index (χ1v) is 6.87. The molecule has 0 spiro atoms. The van der Waals surface area contributed by atoms with Gasteiger partial charge in [-0.2, -0.15) is 0 Å². The topological polar surface area (TPSA) is 56.7 Å². The highest BCUT2D eigenvalue weighted by Gasteiger charge is 2.15. The lowest BCUT2D eigenvalue weighted by molar-refractivity contribution is 0.600. The van der Waals surface area contributed by atoms with Crippen molar-refractivity contribution in [3.8, 4) is 11.1 Å². The summed E-state index contributed by atoms with van der Waals surface area (Å²) in [6, 6.07) is 7.22. The summed E-state index contributed by atoms with van der Waals surface area (Å²) in [4.78, 5) is 8.30. The monoisotopic (exact) mass is 284 g/mol. The van der Waals surface area contributed by atoms with Crippen LogP contribution in [0.15, 0.2) is 30.5 Å². The Morgan fingerprint density at radius 2 is 1.95 bits per heavy atom. The first kappa shape index (κ1) is 13.5. The van der Waals surface area contributed by atoms with E-state index in [1.54, 1.807) is 12.3 Å². The van der Waals surface area contributed by atoms with Gasteiger partial charge in [0.25, 0.3) is 0 Å². The number of aryl methyl sites for hydroxylation is 1. The van der Waals surface area contributed by atoms with Crippen molar-refractivity contribution in [1.29, 1.82) is 0 Å². The second-order valence-corrected chi connectivity index (χ2v) is 5.42. The summed E-state index contributed by atoms with van der Waals surface area (Å²) in [6.45, 7) is 6.01. The van der Waals surface area contributed by atoms with Crippen LogP contribution >= 0.6 is 0 Å². The predicted molar refractivity (Wildman–Crippen MR) is 82.5 cm³/mol. The molecule has 0 amide bonds. The molecule has 0 atom stereocenters. The summed E-state index contributed by atoms with van der Waals surface area (Å²) >= 11 is 0. The Hall–Kier alpha value is -2.43. The lowest BCUT2D eigenvalue weighted by atomic mass is 10.1. The molecule has 2 N–H and O–H groups in total. The molecule has 4 nitrogen and oxygen atoms in total. The molecule has 0 aliphatic rings. The lowest BCUT2D eigenvalue weighted by Crippen LogP contribution is -2.02. The number of nitrogen functional groups attached to an aromatic ring is 1. The van der Waals surface area contributed by atoms with E-state index in [-0.39, 0.29) is 11.9 Å². The van der Waals surface area contributed by atoms with Crippen molar-refractivity contribution >= 4 is 16.9 Å². The molecular formula is C16H17FN4. The third kappa shape index (κ3) is 2.24. The molecule has 21 heavy (non-hydrogen) atoms. The van der Waals surface area contributed by atoms with Crippen molar-refractivity contribution in [1.82, 2.24) is 14.5 Å². The van der Waals surface area contributed by atoms with Crippen molar-refractivity contribution in [3.05, 3.63) is 42.1 Å². The van der Waals surface area contributed by atoms with Gasteiger partial charge in [0.05, 0.1) is 5.52 Å².